The van der Waals surface area contributed by atoms with Crippen LogP contribution in [-0.4, -0.2) is 0 Å². The second-order valence-electron chi connectivity index (χ2n) is 1.00. The van der Waals surface area contributed by atoms with Crippen molar-refractivity contribution in [1.82, 2.24) is 0 Å². The first-order valence-electron chi connectivity index (χ1n) is 1.72. The molecule has 0 saturated carbocycles. The summed E-state index contributed by atoms with van der Waals surface area (Å²) in [6, 6.07) is 0. The van der Waals surface area contributed by atoms with Gasteiger partial charge < -0.3 is 0 Å². The van der Waals surface area contributed by atoms with Crippen molar-refractivity contribution in [3.8, 4) is 0 Å². The first-order valence-corrected chi connectivity index (χ1v) is 1.72. The van der Waals surface area contributed by atoms with Crippen LogP contribution in [0.25, 0.3) is 0 Å². The second kappa shape index (κ2) is 11.2. The number of hydrogen-bond donors (Lipinski definition) is 0. The summed E-state index contributed by atoms with van der Waals surface area (Å²) in [7, 11) is 0. The van der Waals surface area contributed by atoms with Crippen molar-refractivity contribution in [3.05, 3.63) is 24.3 Å². The second-order valence-corrected chi connectivity index (χ2v) is 1.00. The average molecular weight is 303 g/mol. The van der Waals surface area contributed by atoms with E-state index in [9.17, 15) is 0 Å². The summed E-state index contributed by atoms with van der Waals surface area (Å²) >= 11 is 0. The number of hydrogen-bond acceptors (Lipinski definition) is 0. The molecule has 0 heterocycles. The molecule has 0 aromatic rings. The largest absolute Gasteiger partial charge is 0.273 e. The summed E-state index contributed by atoms with van der Waals surface area (Å²) in [4.78, 5) is 0. The summed E-state index contributed by atoms with van der Waals surface area (Å²) in [5.41, 5.74) is 0. The number of halogens is 2. The minimum absolute atomic E-state index is 0. The van der Waals surface area contributed by atoms with E-state index in [2.05, 4.69) is 12.2 Å². The van der Waals surface area contributed by atoms with Gasteiger partial charge in [-0.1, -0.05) is 0 Å². The third-order valence-electron chi connectivity index (χ3n) is 0.586. The zero-order valence-electron chi connectivity index (χ0n) is 4.06. The first-order chi connectivity index (χ1) is 2.50. The van der Waals surface area contributed by atoms with E-state index in [4.69, 9.17) is 0 Å². The van der Waals surface area contributed by atoms with Gasteiger partial charge in [-0.3, -0.25) is 6.08 Å². The minimum atomic E-state index is 0. The van der Waals surface area contributed by atoms with Crippen LogP contribution in [0.2, 0.25) is 0 Å². The molecule has 1 radical (unpaired) electrons. The van der Waals surface area contributed by atoms with Crippen LogP contribution in [0.5, 0.6) is 0 Å². The molecule has 0 aliphatic heterocycles. The van der Waals surface area contributed by atoms with Gasteiger partial charge in [0.15, 0.2) is 0 Å². The predicted octanol–water partition coefficient (Wildman–Crippen LogP) is 2.15. The number of allylic oxidation sites excluding steroid dienone is 4. The normalized spacial score (nSPS) is 11.0. The molecule has 0 bridgehead atoms. The molecule has 0 aromatic carbocycles. The van der Waals surface area contributed by atoms with E-state index in [1.54, 1.807) is 0 Å². The Bertz CT molecular complexity index is 68.5. The molecule has 1 aliphatic carbocycles. The Labute approximate surface area is 92.2 Å². The van der Waals surface area contributed by atoms with Gasteiger partial charge in [0.1, 0.15) is 0 Å². The van der Waals surface area contributed by atoms with Crippen LogP contribution < -0.4 is 0 Å². The third kappa shape index (κ3) is 7.32. The predicted molar refractivity (Wildman–Crippen MR) is 36.1 cm³/mol. The first kappa shape index (κ1) is 16.2. The van der Waals surface area contributed by atoms with E-state index >= 15 is 0 Å². The van der Waals surface area contributed by atoms with Crippen LogP contribution in [0.1, 0.15) is 6.42 Å². The van der Waals surface area contributed by atoms with Gasteiger partial charge in [0, 0.05) is 37.7 Å². The van der Waals surface area contributed by atoms with Crippen LogP contribution in [0.3, 0.4) is 0 Å². The average Bonchev–Trinajstić information content (AvgIpc) is 1.76. The van der Waals surface area contributed by atoms with Crippen molar-refractivity contribution in [3.63, 3.8) is 0 Å². The molecular weight excluding hydrogens is 296 g/mol. The van der Waals surface area contributed by atoms with E-state index in [1.165, 1.54) is 0 Å². The van der Waals surface area contributed by atoms with Crippen molar-refractivity contribution in [1.29, 1.82) is 0 Å². The summed E-state index contributed by atoms with van der Waals surface area (Å²) in [6.45, 7) is 0. The Morgan fingerprint density at radius 1 is 1.25 bits per heavy atom. The molecular formula is C5H7Cl2Ho-. The Morgan fingerprint density at radius 3 is 2.00 bits per heavy atom. The summed E-state index contributed by atoms with van der Waals surface area (Å²) in [5.74, 6) is 0. The standard InChI is InChI=1S/C5H5.2ClH.Ho/c1-2-4-5-3-1;;;/h1-3H,4H2;2*1H;/q-1;;;. The molecule has 0 aromatic heterocycles. The van der Waals surface area contributed by atoms with Crippen molar-refractivity contribution in [2.75, 3.05) is 0 Å². The van der Waals surface area contributed by atoms with E-state index in [-0.39, 0.29) is 62.6 Å². The van der Waals surface area contributed by atoms with Crippen molar-refractivity contribution >= 4 is 24.8 Å². The van der Waals surface area contributed by atoms with Crippen molar-refractivity contribution in [2.45, 2.75) is 6.42 Å². The number of rotatable bonds is 0. The fourth-order valence-corrected chi connectivity index (χ4v) is 0.340. The van der Waals surface area contributed by atoms with E-state index < -0.39 is 0 Å². The van der Waals surface area contributed by atoms with E-state index in [0.29, 0.717) is 0 Å². The van der Waals surface area contributed by atoms with Gasteiger partial charge in [-0.2, -0.15) is 6.08 Å². The zero-order chi connectivity index (χ0) is 3.54. The van der Waals surface area contributed by atoms with E-state index in [1.807, 2.05) is 12.2 Å². The molecule has 53 valence electrons. The van der Waals surface area contributed by atoms with Crippen LogP contribution in [-0.2, 0) is 0 Å². The Hall–Kier alpha value is 1.32. The van der Waals surface area contributed by atoms with Crippen LogP contribution in [0.4, 0.5) is 0 Å². The Morgan fingerprint density at radius 2 is 1.88 bits per heavy atom. The molecule has 0 nitrogen and oxygen atoms in total. The molecule has 1 rings (SSSR count). The fraction of sp³-hybridized carbons (Fsp3) is 0.200. The van der Waals surface area contributed by atoms with Gasteiger partial charge in [-0.15, -0.1) is 31.2 Å². The molecule has 1 aliphatic rings. The molecule has 0 fully saturated rings. The topological polar surface area (TPSA) is 0 Å². The van der Waals surface area contributed by atoms with Gasteiger partial charge in [-0.05, 0) is 0 Å². The molecule has 3 heteroatoms. The molecule has 0 amide bonds. The van der Waals surface area contributed by atoms with Crippen LogP contribution in [0, 0.1) is 43.8 Å². The van der Waals surface area contributed by atoms with Crippen LogP contribution in [0.15, 0.2) is 18.2 Å². The maximum absolute atomic E-state index is 2.99. The molecule has 0 spiro atoms. The molecule has 0 N–H and O–H groups in total. The van der Waals surface area contributed by atoms with Gasteiger partial charge >= 0.3 is 0 Å². The van der Waals surface area contributed by atoms with Gasteiger partial charge in [0.25, 0.3) is 0 Å². The maximum Gasteiger partial charge on any atom is 0 e. The van der Waals surface area contributed by atoms with Crippen LogP contribution >= 0.6 is 24.8 Å². The maximum atomic E-state index is 2.99. The summed E-state index contributed by atoms with van der Waals surface area (Å²) in [5, 5.41) is 0. The third-order valence-corrected chi connectivity index (χ3v) is 0.586. The zero-order valence-corrected chi connectivity index (χ0v) is 7.62. The molecule has 8 heavy (non-hydrogen) atoms. The Kier molecular flexibility index (Phi) is 22.5. The summed E-state index contributed by atoms with van der Waals surface area (Å²) in [6.07, 6.45) is 10.0. The van der Waals surface area contributed by atoms with Gasteiger partial charge in [-0.25, -0.2) is 12.2 Å². The molecule has 0 atom stereocenters. The van der Waals surface area contributed by atoms with Gasteiger partial charge in [0.05, 0.1) is 0 Å². The van der Waals surface area contributed by atoms with Gasteiger partial charge in [0.2, 0.25) is 0 Å². The smallest absolute Gasteiger partial charge is 0 e. The SMILES string of the molecule is Cl.Cl.[C-]1=CC=CC1.[Ho]. The molecule has 0 unspecified atom stereocenters. The fourth-order valence-electron chi connectivity index (χ4n) is 0.340. The van der Waals surface area contributed by atoms with Crippen molar-refractivity contribution < 1.29 is 37.7 Å². The van der Waals surface area contributed by atoms with Crippen molar-refractivity contribution in [2.24, 2.45) is 0 Å². The quantitative estimate of drug-likeness (QED) is 0.475. The summed E-state index contributed by atoms with van der Waals surface area (Å²) < 4.78 is 0. The minimum Gasteiger partial charge on any atom is -0.273 e. The van der Waals surface area contributed by atoms with E-state index in [0.717, 1.165) is 6.42 Å². The Balaban J connectivity index is -0.0000000833. The monoisotopic (exact) mass is 302 g/mol. The molecule has 0 saturated heterocycles.